The summed E-state index contributed by atoms with van der Waals surface area (Å²) in [6.45, 7) is 0. The summed E-state index contributed by atoms with van der Waals surface area (Å²) in [5, 5.41) is 0.843. The number of rotatable bonds is 4. The zero-order valence-electron chi connectivity index (χ0n) is 16.1. The molecule has 0 aliphatic carbocycles. The van der Waals surface area contributed by atoms with Crippen LogP contribution in [-0.2, 0) is 6.42 Å². The zero-order valence-corrected chi connectivity index (χ0v) is 16.1. The Kier molecular flexibility index (Phi) is 4.57. The molecule has 0 aliphatic rings. The van der Waals surface area contributed by atoms with Gasteiger partial charge in [-0.05, 0) is 34.9 Å². The highest BCUT2D eigenvalue weighted by molar-refractivity contribution is 6.03. The van der Waals surface area contributed by atoms with Crippen LogP contribution in [0.2, 0.25) is 0 Å². The first-order valence-corrected chi connectivity index (χ1v) is 9.59. The molecular formula is C24H18N6. The largest absolute Gasteiger partial charge is 0.383 e. The molecule has 0 unspecified atom stereocenters. The van der Waals surface area contributed by atoms with E-state index >= 15 is 0 Å². The van der Waals surface area contributed by atoms with Crippen molar-refractivity contribution in [1.82, 2.24) is 24.9 Å². The number of hydrogen-bond donors (Lipinski definition) is 1. The van der Waals surface area contributed by atoms with Gasteiger partial charge in [-0.1, -0.05) is 42.5 Å². The van der Waals surface area contributed by atoms with Gasteiger partial charge < -0.3 is 5.73 Å². The summed E-state index contributed by atoms with van der Waals surface area (Å²) in [5.74, 6) is 0.942. The Labute approximate surface area is 173 Å². The molecule has 6 heteroatoms. The van der Waals surface area contributed by atoms with Crippen LogP contribution in [0.3, 0.4) is 0 Å². The summed E-state index contributed by atoms with van der Waals surface area (Å²) in [6.07, 6.45) is 7.34. The minimum Gasteiger partial charge on any atom is -0.383 e. The number of anilines is 1. The molecule has 144 valence electrons. The number of pyridine rings is 1. The molecule has 0 atom stereocenters. The van der Waals surface area contributed by atoms with Crippen molar-refractivity contribution in [3.05, 3.63) is 96.8 Å². The van der Waals surface area contributed by atoms with Crippen LogP contribution in [0.15, 0.2) is 85.6 Å². The molecule has 0 fully saturated rings. The second-order valence-corrected chi connectivity index (χ2v) is 6.92. The van der Waals surface area contributed by atoms with E-state index in [0.717, 1.165) is 38.9 Å². The molecule has 0 radical (unpaired) electrons. The SMILES string of the molecule is Nc1nc(-c2cncnc2)nc2ccc(Cc3ccccn3)c(-c3ccccc3)c12. The summed E-state index contributed by atoms with van der Waals surface area (Å²) < 4.78 is 0. The van der Waals surface area contributed by atoms with Gasteiger partial charge >= 0.3 is 0 Å². The average Bonchev–Trinajstić information content (AvgIpc) is 2.81. The van der Waals surface area contributed by atoms with Crippen molar-refractivity contribution in [3.63, 3.8) is 0 Å². The van der Waals surface area contributed by atoms with Crippen molar-refractivity contribution in [2.24, 2.45) is 0 Å². The highest BCUT2D eigenvalue weighted by Gasteiger charge is 2.16. The van der Waals surface area contributed by atoms with Crippen LogP contribution in [-0.4, -0.2) is 24.9 Å². The van der Waals surface area contributed by atoms with E-state index in [1.54, 1.807) is 12.4 Å². The number of hydrogen-bond acceptors (Lipinski definition) is 6. The van der Waals surface area contributed by atoms with Crippen molar-refractivity contribution in [2.75, 3.05) is 5.73 Å². The molecule has 0 amide bonds. The van der Waals surface area contributed by atoms with E-state index in [0.29, 0.717) is 18.1 Å². The number of nitrogen functional groups attached to an aromatic ring is 1. The molecule has 0 saturated carbocycles. The van der Waals surface area contributed by atoms with Crippen molar-refractivity contribution in [3.8, 4) is 22.5 Å². The standard InChI is InChI=1S/C24H18N6/c25-23-22-20(29-24(30-23)18-13-26-15-27-14-18)10-9-17(12-19-8-4-5-11-28-19)21(22)16-6-2-1-3-7-16/h1-11,13-15H,12H2,(H2,25,29,30). The fourth-order valence-corrected chi connectivity index (χ4v) is 3.62. The fraction of sp³-hybridized carbons (Fsp3) is 0.0417. The maximum Gasteiger partial charge on any atom is 0.165 e. The van der Waals surface area contributed by atoms with Crippen LogP contribution in [0.1, 0.15) is 11.3 Å². The first-order valence-electron chi connectivity index (χ1n) is 9.59. The van der Waals surface area contributed by atoms with E-state index in [1.807, 2.05) is 48.7 Å². The van der Waals surface area contributed by atoms with Crippen LogP contribution in [0.4, 0.5) is 5.82 Å². The molecule has 0 spiro atoms. The van der Waals surface area contributed by atoms with Crippen LogP contribution >= 0.6 is 0 Å². The molecule has 0 aliphatic heterocycles. The van der Waals surface area contributed by atoms with E-state index < -0.39 is 0 Å². The molecule has 0 saturated heterocycles. The smallest absolute Gasteiger partial charge is 0.165 e. The van der Waals surface area contributed by atoms with E-state index in [4.69, 9.17) is 10.7 Å². The van der Waals surface area contributed by atoms with Gasteiger partial charge in [0, 0.05) is 30.7 Å². The predicted octanol–water partition coefficient (Wildman–Crippen LogP) is 4.32. The second kappa shape index (κ2) is 7.67. The van der Waals surface area contributed by atoms with Crippen molar-refractivity contribution in [2.45, 2.75) is 6.42 Å². The molecule has 3 heterocycles. The second-order valence-electron chi connectivity index (χ2n) is 6.92. The Balaban J connectivity index is 1.74. The first kappa shape index (κ1) is 17.9. The Morgan fingerprint density at radius 1 is 0.767 bits per heavy atom. The summed E-state index contributed by atoms with van der Waals surface area (Å²) in [5.41, 5.74) is 12.2. The quantitative estimate of drug-likeness (QED) is 0.491. The highest BCUT2D eigenvalue weighted by atomic mass is 15.0. The lowest BCUT2D eigenvalue weighted by atomic mass is 9.92. The van der Waals surface area contributed by atoms with E-state index in [9.17, 15) is 0 Å². The Bertz CT molecular complexity index is 1310. The van der Waals surface area contributed by atoms with Gasteiger partial charge in [0.15, 0.2) is 5.82 Å². The van der Waals surface area contributed by atoms with E-state index in [1.165, 1.54) is 6.33 Å². The predicted molar refractivity (Wildman–Crippen MR) is 117 cm³/mol. The molecule has 3 aromatic heterocycles. The van der Waals surface area contributed by atoms with Gasteiger partial charge in [0.25, 0.3) is 0 Å². The molecule has 6 nitrogen and oxygen atoms in total. The third-order valence-electron chi connectivity index (χ3n) is 4.96. The maximum atomic E-state index is 6.49. The summed E-state index contributed by atoms with van der Waals surface area (Å²) >= 11 is 0. The van der Waals surface area contributed by atoms with Gasteiger partial charge in [-0.25, -0.2) is 19.9 Å². The van der Waals surface area contributed by atoms with Crippen molar-refractivity contribution >= 4 is 16.7 Å². The average molecular weight is 390 g/mol. The number of benzene rings is 2. The molecule has 0 bridgehead atoms. The number of nitrogens with zero attached hydrogens (tertiary/aromatic N) is 5. The van der Waals surface area contributed by atoms with Gasteiger partial charge in [-0.2, -0.15) is 0 Å². The molecular weight excluding hydrogens is 372 g/mol. The Morgan fingerprint density at radius 3 is 2.33 bits per heavy atom. The van der Waals surface area contributed by atoms with Crippen LogP contribution in [0, 0.1) is 0 Å². The third kappa shape index (κ3) is 3.35. The molecule has 2 aromatic carbocycles. The van der Waals surface area contributed by atoms with Gasteiger partial charge in [0.1, 0.15) is 12.1 Å². The Hall–Kier alpha value is -4.19. The van der Waals surface area contributed by atoms with Crippen LogP contribution in [0.25, 0.3) is 33.4 Å². The van der Waals surface area contributed by atoms with Crippen molar-refractivity contribution < 1.29 is 0 Å². The lowest BCUT2D eigenvalue weighted by molar-refractivity contribution is 1.08. The first-order chi connectivity index (χ1) is 14.8. The van der Waals surface area contributed by atoms with Crippen molar-refractivity contribution in [1.29, 1.82) is 0 Å². The lowest BCUT2D eigenvalue weighted by Gasteiger charge is -2.15. The summed E-state index contributed by atoms with van der Waals surface area (Å²) in [6, 6.07) is 20.2. The number of aromatic nitrogens is 5. The molecule has 2 N–H and O–H groups in total. The van der Waals surface area contributed by atoms with Crippen LogP contribution in [0.5, 0.6) is 0 Å². The highest BCUT2D eigenvalue weighted by Crippen LogP contribution is 2.36. The lowest BCUT2D eigenvalue weighted by Crippen LogP contribution is -2.02. The summed E-state index contributed by atoms with van der Waals surface area (Å²) in [4.78, 5) is 21.9. The van der Waals surface area contributed by atoms with Gasteiger partial charge in [0.2, 0.25) is 0 Å². The zero-order chi connectivity index (χ0) is 20.3. The third-order valence-corrected chi connectivity index (χ3v) is 4.96. The monoisotopic (exact) mass is 390 g/mol. The van der Waals surface area contributed by atoms with Gasteiger partial charge in [-0.3, -0.25) is 4.98 Å². The maximum absolute atomic E-state index is 6.49. The topological polar surface area (TPSA) is 90.5 Å². The van der Waals surface area contributed by atoms with Gasteiger partial charge in [-0.15, -0.1) is 0 Å². The normalized spacial score (nSPS) is 10.9. The van der Waals surface area contributed by atoms with E-state index in [2.05, 4.69) is 38.1 Å². The Morgan fingerprint density at radius 2 is 1.57 bits per heavy atom. The fourth-order valence-electron chi connectivity index (χ4n) is 3.62. The molecule has 5 rings (SSSR count). The summed E-state index contributed by atoms with van der Waals surface area (Å²) in [7, 11) is 0. The van der Waals surface area contributed by atoms with E-state index in [-0.39, 0.29) is 0 Å². The number of fused-ring (bicyclic) bond motifs is 1. The molecule has 30 heavy (non-hydrogen) atoms. The van der Waals surface area contributed by atoms with Crippen LogP contribution < -0.4 is 5.73 Å². The molecule has 5 aromatic rings. The number of nitrogens with two attached hydrogens (primary N) is 1. The minimum atomic E-state index is 0.431. The minimum absolute atomic E-state index is 0.431. The van der Waals surface area contributed by atoms with Gasteiger partial charge in [0.05, 0.1) is 16.5 Å².